The summed E-state index contributed by atoms with van der Waals surface area (Å²) < 4.78 is 7.55. The molecule has 0 unspecified atom stereocenters. The van der Waals surface area contributed by atoms with Crippen molar-refractivity contribution in [2.75, 3.05) is 0 Å². The largest absolute Gasteiger partial charge is 0.489 e. The van der Waals surface area contributed by atoms with Crippen molar-refractivity contribution < 1.29 is 9.53 Å². The van der Waals surface area contributed by atoms with Crippen LogP contribution in [0.15, 0.2) is 84.1 Å². The van der Waals surface area contributed by atoms with E-state index in [-0.39, 0.29) is 5.91 Å². The summed E-state index contributed by atoms with van der Waals surface area (Å²) in [6, 6.07) is 23.3. The number of hydrogen-bond acceptors (Lipinski definition) is 4. The van der Waals surface area contributed by atoms with Crippen LogP contribution in [0.2, 0.25) is 0 Å². The lowest BCUT2D eigenvalue weighted by molar-refractivity contribution is 0.0955. The van der Waals surface area contributed by atoms with Gasteiger partial charge in [-0.05, 0) is 46.7 Å². The summed E-state index contributed by atoms with van der Waals surface area (Å²) in [5, 5.41) is 10.3. The quantitative estimate of drug-likeness (QED) is 0.405. The number of carbonyl (C=O) groups excluding carboxylic acids is 1. The Labute approximate surface area is 168 Å². The molecule has 1 N–H and O–H groups in total. The molecule has 0 saturated heterocycles. The molecule has 0 aliphatic heterocycles. The fourth-order valence-corrected chi connectivity index (χ4v) is 2.91. The van der Waals surface area contributed by atoms with Crippen molar-refractivity contribution in [3.05, 3.63) is 95.8 Å². The first-order valence-corrected chi connectivity index (χ1v) is 9.21. The molecule has 4 rings (SSSR count). The van der Waals surface area contributed by atoms with Crippen molar-refractivity contribution >= 4 is 22.9 Å². The number of nitrogens with one attached hydrogen (secondary N) is 1. The minimum Gasteiger partial charge on any atom is -0.489 e. The predicted octanol–water partition coefficient (Wildman–Crippen LogP) is 3.92. The number of fused-ring (bicyclic) bond motifs is 1. The zero-order chi connectivity index (χ0) is 20.1. The Kier molecular flexibility index (Phi) is 5.33. The summed E-state index contributed by atoms with van der Waals surface area (Å²) in [5.74, 6) is 0.542. The Bertz CT molecular complexity index is 1160. The molecule has 0 aliphatic carbocycles. The Morgan fingerprint density at radius 2 is 1.86 bits per heavy atom. The maximum Gasteiger partial charge on any atom is 0.271 e. The highest BCUT2D eigenvalue weighted by Crippen LogP contribution is 2.21. The predicted molar refractivity (Wildman–Crippen MR) is 113 cm³/mol. The highest BCUT2D eigenvalue weighted by molar-refractivity contribution is 5.94. The smallest absolute Gasteiger partial charge is 0.271 e. The fraction of sp³-hybridized carbons (Fsp3) is 0.0870. The molecule has 0 saturated carbocycles. The van der Waals surface area contributed by atoms with Crippen molar-refractivity contribution in [2.24, 2.45) is 12.1 Å². The molecule has 1 aromatic heterocycles. The first-order valence-electron chi connectivity index (χ1n) is 9.21. The molecule has 0 radical (unpaired) electrons. The Morgan fingerprint density at radius 1 is 1.07 bits per heavy atom. The number of hydrogen-bond donors (Lipinski definition) is 1. The summed E-state index contributed by atoms with van der Waals surface area (Å²) in [6.07, 6.45) is 3.22. The molecule has 0 atom stereocenters. The van der Waals surface area contributed by atoms with Crippen LogP contribution in [0.5, 0.6) is 5.75 Å². The molecule has 1 heterocycles. The van der Waals surface area contributed by atoms with Gasteiger partial charge in [-0.2, -0.15) is 10.2 Å². The summed E-state index contributed by atoms with van der Waals surface area (Å²) >= 11 is 0. The van der Waals surface area contributed by atoms with E-state index in [4.69, 9.17) is 4.74 Å². The average molecular weight is 384 g/mol. The minimum absolute atomic E-state index is 0.273. The molecule has 144 valence electrons. The second kappa shape index (κ2) is 8.39. The summed E-state index contributed by atoms with van der Waals surface area (Å²) in [4.78, 5) is 12.2. The number of rotatable bonds is 6. The lowest BCUT2D eigenvalue weighted by Crippen LogP contribution is -2.17. The average Bonchev–Trinajstić information content (AvgIpc) is 3.17. The van der Waals surface area contributed by atoms with Gasteiger partial charge in [0.15, 0.2) is 0 Å². The summed E-state index contributed by atoms with van der Waals surface area (Å²) in [7, 11) is 1.81. The standard InChI is InChI=1S/C23H20N4O2/c1-27-21(12-13-25-27)15-24-26-23(28)19-8-6-17(7-9-19)16-29-22-11-10-18-4-2-3-5-20(18)14-22/h2-15H,16H2,1H3,(H,26,28)/b24-15+. The molecule has 0 fully saturated rings. The number of carbonyl (C=O) groups is 1. The summed E-state index contributed by atoms with van der Waals surface area (Å²) in [6.45, 7) is 0.429. The van der Waals surface area contributed by atoms with Crippen LogP contribution in [0.25, 0.3) is 10.8 Å². The van der Waals surface area contributed by atoms with E-state index in [1.807, 2.05) is 49.5 Å². The Morgan fingerprint density at radius 3 is 2.62 bits per heavy atom. The lowest BCUT2D eigenvalue weighted by Gasteiger charge is -2.08. The molecule has 3 aromatic carbocycles. The second-order valence-electron chi connectivity index (χ2n) is 6.57. The van der Waals surface area contributed by atoms with Crippen molar-refractivity contribution in [3.8, 4) is 5.75 Å². The van der Waals surface area contributed by atoms with E-state index < -0.39 is 0 Å². The van der Waals surface area contributed by atoms with Crippen LogP contribution < -0.4 is 10.2 Å². The normalized spacial score (nSPS) is 11.1. The maximum atomic E-state index is 12.2. The SMILES string of the molecule is Cn1nccc1/C=N/NC(=O)c1ccc(COc2ccc3ccccc3c2)cc1. The number of aromatic nitrogens is 2. The van der Waals surface area contributed by atoms with Crippen molar-refractivity contribution in [3.63, 3.8) is 0 Å². The van der Waals surface area contributed by atoms with Gasteiger partial charge in [-0.3, -0.25) is 9.48 Å². The molecule has 1 amide bonds. The van der Waals surface area contributed by atoms with Crippen LogP contribution in [0.4, 0.5) is 0 Å². The van der Waals surface area contributed by atoms with Crippen LogP contribution in [0, 0.1) is 0 Å². The first-order chi connectivity index (χ1) is 14.2. The van der Waals surface area contributed by atoms with Crippen molar-refractivity contribution in [2.45, 2.75) is 6.61 Å². The number of nitrogens with zero attached hydrogens (tertiary/aromatic N) is 3. The molecule has 0 bridgehead atoms. The van der Waals surface area contributed by atoms with Crippen LogP contribution >= 0.6 is 0 Å². The van der Waals surface area contributed by atoms with Gasteiger partial charge in [0, 0.05) is 18.8 Å². The summed E-state index contributed by atoms with van der Waals surface area (Å²) in [5.41, 5.74) is 4.82. The third kappa shape index (κ3) is 4.50. The molecule has 29 heavy (non-hydrogen) atoms. The molecule has 6 heteroatoms. The van der Waals surface area contributed by atoms with E-state index >= 15 is 0 Å². The van der Waals surface area contributed by atoms with Gasteiger partial charge in [-0.15, -0.1) is 0 Å². The Hall–Kier alpha value is -3.93. The number of aryl methyl sites for hydroxylation is 1. The molecule has 4 aromatic rings. The molecule has 0 spiro atoms. The molecular weight excluding hydrogens is 364 g/mol. The molecular formula is C23H20N4O2. The van der Waals surface area contributed by atoms with Crippen LogP contribution in [0.1, 0.15) is 21.6 Å². The van der Waals surface area contributed by atoms with Gasteiger partial charge in [0.25, 0.3) is 5.91 Å². The van der Waals surface area contributed by atoms with Gasteiger partial charge < -0.3 is 4.74 Å². The highest BCUT2D eigenvalue weighted by atomic mass is 16.5. The zero-order valence-corrected chi connectivity index (χ0v) is 15.9. The topological polar surface area (TPSA) is 68.5 Å². The third-order valence-electron chi connectivity index (χ3n) is 4.56. The fourth-order valence-electron chi connectivity index (χ4n) is 2.91. The number of benzene rings is 3. The monoisotopic (exact) mass is 384 g/mol. The van der Waals surface area contributed by atoms with E-state index in [9.17, 15) is 4.79 Å². The highest BCUT2D eigenvalue weighted by Gasteiger charge is 2.05. The van der Waals surface area contributed by atoms with Crippen molar-refractivity contribution in [1.29, 1.82) is 0 Å². The van der Waals surface area contributed by atoms with Gasteiger partial charge in [-0.25, -0.2) is 5.43 Å². The van der Waals surface area contributed by atoms with Crippen LogP contribution in [0.3, 0.4) is 0 Å². The molecule has 6 nitrogen and oxygen atoms in total. The maximum absolute atomic E-state index is 12.2. The van der Waals surface area contributed by atoms with Crippen molar-refractivity contribution in [1.82, 2.24) is 15.2 Å². The zero-order valence-electron chi connectivity index (χ0n) is 15.9. The van der Waals surface area contributed by atoms with Crippen LogP contribution in [-0.4, -0.2) is 21.9 Å². The first kappa shape index (κ1) is 18.4. The minimum atomic E-state index is -0.273. The van der Waals surface area contributed by atoms with E-state index in [1.165, 1.54) is 5.39 Å². The van der Waals surface area contributed by atoms with E-state index in [0.29, 0.717) is 12.2 Å². The van der Waals surface area contributed by atoms with Gasteiger partial charge in [0.2, 0.25) is 0 Å². The van der Waals surface area contributed by atoms with Crippen LogP contribution in [-0.2, 0) is 13.7 Å². The van der Waals surface area contributed by atoms with E-state index in [0.717, 1.165) is 22.4 Å². The number of hydrazone groups is 1. The molecule has 0 aliphatic rings. The van der Waals surface area contributed by atoms with Gasteiger partial charge >= 0.3 is 0 Å². The number of amides is 1. The van der Waals surface area contributed by atoms with Gasteiger partial charge in [0.1, 0.15) is 12.4 Å². The second-order valence-corrected chi connectivity index (χ2v) is 6.57. The van der Waals surface area contributed by atoms with Gasteiger partial charge in [0.05, 0.1) is 11.9 Å². The number of ether oxygens (including phenoxy) is 1. The van der Waals surface area contributed by atoms with Gasteiger partial charge in [-0.1, -0.05) is 42.5 Å². The third-order valence-corrected chi connectivity index (χ3v) is 4.56. The van der Waals surface area contributed by atoms with E-state index in [1.54, 1.807) is 35.3 Å². The lowest BCUT2D eigenvalue weighted by atomic mass is 10.1. The Balaban J connectivity index is 1.34. The van der Waals surface area contributed by atoms with E-state index in [2.05, 4.69) is 27.8 Å².